The Morgan fingerprint density at radius 3 is 2.67 bits per heavy atom. The van der Waals surface area contributed by atoms with Gasteiger partial charge in [0.05, 0.1) is 6.54 Å². The highest BCUT2D eigenvalue weighted by Gasteiger charge is 2.06. The van der Waals surface area contributed by atoms with Crippen LogP contribution >= 0.6 is 12.2 Å². The van der Waals surface area contributed by atoms with Crippen LogP contribution in [0.1, 0.15) is 0 Å². The summed E-state index contributed by atoms with van der Waals surface area (Å²) in [6.07, 6.45) is -0.334. The number of aromatic amines is 1. The fourth-order valence-electron chi connectivity index (χ4n) is 0.729. The van der Waals surface area contributed by atoms with Gasteiger partial charge in [0.15, 0.2) is 6.29 Å². The molecular formula is C5H10N4O2S. The highest BCUT2D eigenvalue weighted by Crippen LogP contribution is 1.94. The summed E-state index contributed by atoms with van der Waals surface area (Å²) in [4.78, 5) is 0. The molecule has 0 saturated carbocycles. The molecule has 6 nitrogen and oxygen atoms in total. The zero-order valence-corrected chi connectivity index (χ0v) is 7.67. The van der Waals surface area contributed by atoms with Gasteiger partial charge < -0.3 is 9.47 Å². The number of tetrazole rings is 1. The molecule has 68 valence electrons. The molecular weight excluding hydrogens is 180 g/mol. The van der Waals surface area contributed by atoms with E-state index in [1.807, 2.05) is 0 Å². The van der Waals surface area contributed by atoms with Crippen molar-refractivity contribution in [2.45, 2.75) is 12.8 Å². The smallest absolute Gasteiger partial charge is 0.238 e. The summed E-state index contributed by atoms with van der Waals surface area (Å²) in [7, 11) is 3.11. The van der Waals surface area contributed by atoms with Crippen molar-refractivity contribution >= 4 is 12.2 Å². The first-order chi connectivity index (χ1) is 5.77. The van der Waals surface area contributed by atoms with E-state index in [-0.39, 0.29) is 6.29 Å². The zero-order chi connectivity index (χ0) is 8.97. The van der Waals surface area contributed by atoms with Gasteiger partial charge in [-0.05, 0) is 12.2 Å². The lowest BCUT2D eigenvalue weighted by molar-refractivity contribution is -0.112. The number of nitrogens with one attached hydrogen (secondary N) is 1. The van der Waals surface area contributed by atoms with Crippen molar-refractivity contribution < 1.29 is 9.47 Å². The van der Waals surface area contributed by atoms with E-state index in [1.165, 1.54) is 0 Å². The second kappa shape index (κ2) is 4.29. The van der Waals surface area contributed by atoms with Crippen molar-refractivity contribution in [3.8, 4) is 0 Å². The van der Waals surface area contributed by atoms with Gasteiger partial charge in [-0.1, -0.05) is 10.3 Å². The Labute approximate surface area is 74.5 Å². The lowest BCUT2D eigenvalue weighted by Gasteiger charge is -2.12. The lowest BCUT2D eigenvalue weighted by Crippen LogP contribution is -2.21. The molecule has 0 fully saturated rings. The van der Waals surface area contributed by atoms with E-state index in [4.69, 9.17) is 21.7 Å². The summed E-state index contributed by atoms with van der Waals surface area (Å²) in [6.45, 7) is 0.457. The van der Waals surface area contributed by atoms with Crippen LogP contribution in [-0.4, -0.2) is 40.7 Å². The van der Waals surface area contributed by atoms with Crippen LogP contribution in [0.2, 0.25) is 0 Å². The molecule has 0 aliphatic rings. The SMILES string of the molecule is COC(Cn1[nH]nnc1=S)OC. The van der Waals surface area contributed by atoms with Gasteiger partial charge in [0.25, 0.3) is 0 Å². The van der Waals surface area contributed by atoms with Crippen LogP contribution in [-0.2, 0) is 16.0 Å². The van der Waals surface area contributed by atoms with Gasteiger partial charge in [0.1, 0.15) is 0 Å². The first-order valence-electron chi connectivity index (χ1n) is 3.31. The third-order valence-corrected chi connectivity index (χ3v) is 1.69. The molecule has 1 rings (SSSR count). The molecule has 0 aliphatic carbocycles. The van der Waals surface area contributed by atoms with Gasteiger partial charge in [-0.2, -0.15) is 5.21 Å². The van der Waals surface area contributed by atoms with E-state index >= 15 is 0 Å². The maximum atomic E-state index is 4.96. The zero-order valence-electron chi connectivity index (χ0n) is 6.85. The summed E-state index contributed by atoms with van der Waals surface area (Å²) < 4.78 is 11.9. The van der Waals surface area contributed by atoms with Crippen molar-refractivity contribution in [1.29, 1.82) is 0 Å². The average molecular weight is 190 g/mol. The molecule has 0 bridgehead atoms. The van der Waals surface area contributed by atoms with Gasteiger partial charge >= 0.3 is 0 Å². The molecule has 1 N–H and O–H groups in total. The summed E-state index contributed by atoms with van der Waals surface area (Å²) in [5.74, 6) is 0. The molecule has 0 aliphatic heterocycles. The minimum absolute atomic E-state index is 0.334. The Morgan fingerprint density at radius 1 is 1.58 bits per heavy atom. The first-order valence-corrected chi connectivity index (χ1v) is 3.72. The third-order valence-electron chi connectivity index (χ3n) is 1.39. The number of rotatable bonds is 4. The monoisotopic (exact) mass is 190 g/mol. The summed E-state index contributed by atoms with van der Waals surface area (Å²) in [5.41, 5.74) is 0. The molecule has 0 spiro atoms. The van der Waals surface area contributed by atoms with Gasteiger partial charge in [0, 0.05) is 14.2 Å². The maximum absolute atomic E-state index is 4.96. The Hall–Kier alpha value is -0.790. The number of H-pyrrole nitrogens is 1. The van der Waals surface area contributed by atoms with Crippen LogP contribution in [0.5, 0.6) is 0 Å². The highest BCUT2D eigenvalue weighted by atomic mass is 32.1. The molecule has 1 heterocycles. The Morgan fingerprint density at radius 2 is 2.25 bits per heavy atom. The molecule has 0 atom stereocenters. The van der Waals surface area contributed by atoms with Crippen molar-refractivity contribution in [3.63, 3.8) is 0 Å². The van der Waals surface area contributed by atoms with E-state index in [2.05, 4.69) is 15.5 Å². The van der Waals surface area contributed by atoms with Gasteiger partial charge in [-0.25, -0.2) is 4.68 Å². The summed E-state index contributed by atoms with van der Waals surface area (Å²) in [5, 5.41) is 9.71. The van der Waals surface area contributed by atoms with Gasteiger partial charge in [-0.15, -0.1) is 0 Å². The number of hydrogen-bond donors (Lipinski definition) is 1. The Kier molecular flexibility index (Phi) is 3.32. The fraction of sp³-hybridized carbons (Fsp3) is 0.800. The van der Waals surface area contributed by atoms with E-state index in [1.54, 1.807) is 18.9 Å². The maximum Gasteiger partial charge on any atom is 0.238 e. The van der Waals surface area contributed by atoms with Crippen LogP contribution in [0.4, 0.5) is 0 Å². The van der Waals surface area contributed by atoms with Crippen molar-refractivity contribution in [2.24, 2.45) is 0 Å². The number of aromatic nitrogens is 4. The van der Waals surface area contributed by atoms with E-state index < -0.39 is 0 Å². The number of nitrogens with zero attached hydrogens (tertiary/aromatic N) is 3. The van der Waals surface area contributed by atoms with Gasteiger partial charge in [-0.3, -0.25) is 0 Å². The summed E-state index contributed by atoms with van der Waals surface area (Å²) >= 11 is 4.85. The quantitative estimate of drug-likeness (QED) is 0.533. The summed E-state index contributed by atoms with van der Waals surface area (Å²) in [6, 6.07) is 0. The van der Waals surface area contributed by atoms with Gasteiger partial charge in [0.2, 0.25) is 4.77 Å². The van der Waals surface area contributed by atoms with Crippen LogP contribution in [0.15, 0.2) is 0 Å². The molecule has 12 heavy (non-hydrogen) atoms. The van der Waals surface area contributed by atoms with Crippen molar-refractivity contribution in [1.82, 2.24) is 20.2 Å². The van der Waals surface area contributed by atoms with E-state index in [9.17, 15) is 0 Å². The standard InChI is InChI=1S/C5H10N4O2S/c1-10-4(11-2)3-9-5(12)6-7-8-9/h4H,3H2,1-2H3,(H,6,8,12). The van der Waals surface area contributed by atoms with E-state index in [0.717, 1.165) is 0 Å². The third kappa shape index (κ3) is 2.10. The van der Waals surface area contributed by atoms with E-state index in [0.29, 0.717) is 11.3 Å². The van der Waals surface area contributed by atoms with Crippen molar-refractivity contribution in [2.75, 3.05) is 14.2 Å². The second-order valence-electron chi connectivity index (χ2n) is 2.09. The minimum Gasteiger partial charge on any atom is -0.354 e. The molecule has 0 radical (unpaired) electrons. The van der Waals surface area contributed by atoms with Crippen LogP contribution in [0, 0.1) is 4.77 Å². The average Bonchev–Trinajstić information content (AvgIpc) is 2.47. The molecule has 0 saturated heterocycles. The highest BCUT2D eigenvalue weighted by molar-refractivity contribution is 7.71. The topological polar surface area (TPSA) is 65.0 Å². The molecule has 1 aromatic rings. The second-order valence-corrected chi connectivity index (χ2v) is 2.46. The number of methoxy groups -OCH3 is 2. The predicted molar refractivity (Wildman–Crippen MR) is 43.0 cm³/mol. The number of hydrogen-bond acceptors (Lipinski definition) is 5. The molecule has 0 amide bonds. The van der Waals surface area contributed by atoms with Crippen molar-refractivity contribution in [3.05, 3.63) is 4.77 Å². The normalized spacial score (nSPS) is 10.9. The van der Waals surface area contributed by atoms with Crippen LogP contribution in [0.3, 0.4) is 0 Å². The van der Waals surface area contributed by atoms with Crippen LogP contribution in [0.25, 0.3) is 0 Å². The number of ether oxygens (including phenoxy) is 2. The molecule has 7 heteroatoms. The van der Waals surface area contributed by atoms with Crippen LogP contribution < -0.4 is 0 Å². The first kappa shape index (κ1) is 9.30. The lowest BCUT2D eigenvalue weighted by atomic mass is 10.6. The minimum atomic E-state index is -0.334. The fourth-order valence-corrected chi connectivity index (χ4v) is 0.885. The Bertz CT molecular complexity index is 279. The largest absolute Gasteiger partial charge is 0.354 e. The molecule has 0 aromatic carbocycles. The predicted octanol–water partition coefficient (Wildman–Crippen LogP) is -0.0454. The molecule has 1 aromatic heterocycles. The molecule has 0 unspecified atom stereocenters. The Balaban J connectivity index is 2.62.